The zero-order chi connectivity index (χ0) is 8.97. The molecule has 1 aliphatic rings. The maximum Gasteiger partial charge on any atom is 0.0709 e. The van der Waals surface area contributed by atoms with Gasteiger partial charge < -0.3 is 5.73 Å². The zero-order valence-corrected chi connectivity index (χ0v) is 7.79. The first kappa shape index (κ1) is 9.57. The summed E-state index contributed by atoms with van der Waals surface area (Å²) in [6.07, 6.45) is 7.69. The SMILES string of the molecule is C#CC(CC)N1CCC(CN)C1. The van der Waals surface area contributed by atoms with Crippen molar-refractivity contribution < 1.29 is 0 Å². The Morgan fingerprint density at radius 1 is 1.75 bits per heavy atom. The summed E-state index contributed by atoms with van der Waals surface area (Å²) in [5.74, 6) is 3.50. The van der Waals surface area contributed by atoms with Crippen molar-refractivity contribution in [1.29, 1.82) is 0 Å². The first-order valence-electron chi connectivity index (χ1n) is 4.72. The topological polar surface area (TPSA) is 29.3 Å². The van der Waals surface area contributed by atoms with Crippen LogP contribution in [-0.2, 0) is 0 Å². The molecule has 1 aliphatic heterocycles. The van der Waals surface area contributed by atoms with Crippen molar-refractivity contribution >= 4 is 0 Å². The molecule has 1 rings (SSSR count). The number of rotatable bonds is 3. The van der Waals surface area contributed by atoms with Gasteiger partial charge in [-0.1, -0.05) is 12.8 Å². The van der Waals surface area contributed by atoms with Crippen molar-refractivity contribution in [3.8, 4) is 12.3 Å². The largest absolute Gasteiger partial charge is 0.330 e. The molecule has 0 aliphatic carbocycles. The second-order valence-corrected chi connectivity index (χ2v) is 3.48. The van der Waals surface area contributed by atoms with E-state index in [1.807, 2.05) is 0 Å². The number of terminal acetylenes is 1. The minimum atomic E-state index is 0.335. The van der Waals surface area contributed by atoms with Crippen LogP contribution in [0.3, 0.4) is 0 Å². The van der Waals surface area contributed by atoms with Crippen molar-refractivity contribution in [2.45, 2.75) is 25.8 Å². The standard InChI is InChI=1S/C10H18N2/c1-3-10(4-2)12-6-5-9(7-11)8-12/h1,9-10H,4-8,11H2,2H3. The summed E-state index contributed by atoms with van der Waals surface area (Å²) in [6.45, 7) is 5.17. The van der Waals surface area contributed by atoms with E-state index in [1.54, 1.807) is 0 Å². The van der Waals surface area contributed by atoms with Crippen LogP contribution in [0.25, 0.3) is 0 Å². The van der Waals surface area contributed by atoms with E-state index in [4.69, 9.17) is 12.2 Å². The predicted molar refractivity (Wildman–Crippen MR) is 51.6 cm³/mol. The normalized spacial score (nSPS) is 26.9. The quantitative estimate of drug-likeness (QED) is 0.625. The third kappa shape index (κ3) is 2.00. The fourth-order valence-corrected chi connectivity index (χ4v) is 1.82. The zero-order valence-electron chi connectivity index (χ0n) is 7.79. The van der Waals surface area contributed by atoms with Crippen molar-refractivity contribution in [3.63, 3.8) is 0 Å². The molecule has 0 radical (unpaired) electrons. The molecular weight excluding hydrogens is 148 g/mol. The monoisotopic (exact) mass is 166 g/mol. The highest BCUT2D eigenvalue weighted by Gasteiger charge is 2.24. The number of nitrogens with zero attached hydrogens (tertiary/aromatic N) is 1. The van der Waals surface area contributed by atoms with Gasteiger partial charge in [-0.2, -0.15) is 0 Å². The number of likely N-dealkylation sites (tertiary alicyclic amines) is 1. The molecule has 0 aromatic rings. The van der Waals surface area contributed by atoms with Crippen LogP contribution in [0.2, 0.25) is 0 Å². The molecule has 1 fully saturated rings. The molecule has 0 saturated carbocycles. The van der Waals surface area contributed by atoms with Crippen molar-refractivity contribution in [3.05, 3.63) is 0 Å². The average Bonchev–Trinajstić information content (AvgIpc) is 2.55. The summed E-state index contributed by atoms with van der Waals surface area (Å²) in [4.78, 5) is 2.37. The molecule has 12 heavy (non-hydrogen) atoms. The lowest BCUT2D eigenvalue weighted by atomic mass is 10.1. The molecule has 2 atom stereocenters. The summed E-state index contributed by atoms with van der Waals surface area (Å²) in [5.41, 5.74) is 5.60. The molecule has 1 saturated heterocycles. The average molecular weight is 166 g/mol. The maximum atomic E-state index is 5.60. The van der Waals surface area contributed by atoms with Crippen LogP contribution < -0.4 is 5.73 Å². The lowest BCUT2D eigenvalue weighted by Gasteiger charge is -2.21. The van der Waals surface area contributed by atoms with E-state index >= 15 is 0 Å². The molecule has 0 aromatic heterocycles. The first-order valence-corrected chi connectivity index (χ1v) is 4.72. The van der Waals surface area contributed by atoms with Crippen LogP contribution in [0.4, 0.5) is 0 Å². The minimum absolute atomic E-state index is 0.335. The Labute approximate surface area is 75.1 Å². The van der Waals surface area contributed by atoms with Gasteiger partial charge in [-0.05, 0) is 31.8 Å². The second-order valence-electron chi connectivity index (χ2n) is 3.48. The van der Waals surface area contributed by atoms with Crippen LogP contribution in [-0.4, -0.2) is 30.6 Å². The third-order valence-electron chi connectivity index (χ3n) is 2.67. The molecule has 0 spiro atoms. The number of hydrogen-bond acceptors (Lipinski definition) is 2. The third-order valence-corrected chi connectivity index (χ3v) is 2.67. The first-order chi connectivity index (χ1) is 5.81. The van der Waals surface area contributed by atoms with Crippen molar-refractivity contribution in [2.75, 3.05) is 19.6 Å². The molecule has 2 N–H and O–H groups in total. The summed E-state index contributed by atoms with van der Waals surface area (Å²) < 4.78 is 0. The molecule has 1 heterocycles. The van der Waals surface area contributed by atoms with Gasteiger partial charge in [0.1, 0.15) is 0 Å². The highest BCUT2D eigenvalue weighted by molar-refractivity contribution is 5.01. The van der Waals surface area contributed by atoms with E-state index in [9.17, 15) is 0 Å². The van der Waals surface area contributed by atoms with Crippen molar-refractivity contribution in [1.82, 2.24) is 4.90 Å². The van der Waals surface area contributed by atoms with Gasteiger partial charge in [0.05, 0.1) is 6.04 Å². The van der Waals surface area contributed by atoms with Gasteiger partial charge in [0.25, 0.3) is 0 Å². The molecule has 68 valence electrons. The molecule has 0 aromatic carbocycles. The Morgan fingerprint density at radius 3 is 2.92 bits per heavy atom. The lowest BCUT2D eigenvalue weighted by molar-refractivity contribution is 0.276. The molecule has 2 nitrogen and oxygen atoms in total. The fourth-order valence-electron chi connectivity index (χ4n) is 1.82. The van der Waals surface area contributed by atoms with Crippen LogP contribution in [0.5, 0.6) is 0 Å². The molecular formula is C10H18N2. The van der Waals surface area contributed by atoms with E-state index < -0.39 is 0 Å². The summed E-state index contributed by atoms with van der Waals surface area (Å²) in [7, 11) is 0. The van der Waals surface area contributed by atoms with Gasteiger partial charge >= 0.3 is 0 Å². The van der Waals surface area contributed by atoms with Crippen LogP contribution in [0, 0.1) is 18.3 Å². The van der Waals surface area contributed by atoms with Gasteiger partial charge in [0.15, 0.2) is 0 Å². The maximum absolute atomic E-state index is 5.60. The Bertz CT molecular complexity index is 171. The van der Waals surface area contributed by atoms with E-state index in [-0.39, 0.29) is 0 Å². The van der Waals surface area contributed by atoms with Crippen molar-refractivity contribution in [2.24, 2.45) is 11.7 Å². The Balaban J connectivity index is 2.40. The van der Waals surface area contributed by atoms with E-state index in [1.165, 1.54) is 6.42 Å². The fraction of sp³-hybridized carbons (Fsp3) is 0.800. The van der Waals surface area contributed by atoms with E-state index in [0.717, 1.165) is 26.1 Å². The van der Waals surface area contributed by atoms with Gasteiger partial charge in [0, 0.05) is 6.54 Å². The van der Waals surface area contributed by atoms with Crippen LogP contribution in [0.15, 0.2) is 0 Å². The Kier molecular flexibility index (Phi) is 3.58. The molecule has 2 heteroatoms. The highest BCUT2D eigenvalue weighted by atomic mass is 15.2. The molecule has 0 bridgehead atoms. The summed E-state index contributed by atoms with van der Waals surface area (Å²) in [6, 6.07) is 0.335. The van der Waals surface area contributed by atoms with Crippen LogP contribution >= 0.6 is 0 Å². The van der Waals surface area contributed by atoms with Gasteiger partial charge in [-0.3, -0.25) is 4.90 Å². The van der Waals surface area contributed by atoms with Crippen LogP contribution in [0.1, 0.15) is 19.8 Å². The smallest absolute Gasteiger partial charge is 0.0709 e. The molecule has 2 unspecified atom stereocenters. The minimum Gasteiger partial charge on any atom is -0.330 e. The van der Waals surface area contributed by atoms with E-state index in [0.29, 0.717) is 12.0 Å². The summed E-state index contributed by atoms with van der Waals surface area (Å²) >= 11 is 0. The van der Waals surface area contributed by atoms with Gasteiger partial charge in [-0.25, -0.2) is 0 Å². The second kappa shape index (κ2) is 4.49. The summed E-state index contributed by atoms with van der Waals surface area (Å²) in [5, 5.41) is 0. The van der Waals surface area contributed by atoms with E-state index in [2.05, 4.69) is 17.7 Å². The predicted octanol–water partition coefficient (Wildman–Crippen LogP) is 0.679. The van der Waals surface area contributed by atoms with Gasteiger partial charge in [-0.15, -0.1) is 6.42 Å². The lowest BCUT2D eigenvalue weighted by Crippen LogP contribution is -2.32. The Morgan fingerprint density at radius 2 is 2.50 bits per heavy atom. The number of nitrogens with two attached hydrogens (primary N) is 1. The number of hydrogen-bond donors (Lipinski definition) is 1. The Hall–Kier alpha value is -0.520. The highest BCUT2D eigenvalue weighted by Crippen LogP contribution is 2.18. The molecule has 0 amide bonds. The van der Waals surface area contributed by atoms with Gasteiger partial charge in [0.2, 0.25) is 0 Å².